The van der Waals surface area contributed by atoms with E-state index < -0.39 is 0 Å². The lowest BCUT2D eigenvalue weighted by Gasteiger charge is -2.02. The van der Waals surface area contributed by atoms with E-state index in [1.165, 1.54) is 11.6 Å². The molecule has 0 fully saturated rings. The van der Waals surface area contributed by atoms with Gasteiger partial charge in [-0.1, -0.05) is 37.6 Å². The lowest BCUT2D eigenvalue weighted by molar-refractivity contribution is 0.639. The summed E-state index contributed by atoms with van der Waals surface area (Å²) in [5.74, 6) is -0.125. The molecule has 2 aromatic rings. The minimum Gasteiger partial charge on any atom is -0.206 e. The topological polar surface area (TPSA) is 0 Å². The third kappa shape index (κ3) is 1.63. The summed E-state index contributed by atoms with van der Waals surface area (Å²) in [6.07, 6.45) is 2.12. The molecule has 0 spiro atoms. The van der Waals surface area contributed by atoms with E-state index in [0.29, 0.717) is 0 Å². The number of fused-ring (bicyclic) bond motifs is 1. The molecule has 0 amide bonds. The Bertz CT molecular complexity index is 446. The van der Waals surface area contributed by atoms with Crippen molar-refractivity contribution in [3.05, 3.63) is 47.8 Å². The predicted octanol–water partition coefficient (Wildman–Crippen LogP) is 3.93. The van der Waals surface area contributed by atoms with Crippen molar-refractivity contribution in [2.75, 3.05) is 0 Å². The summed E-state index contributed by atoms with van der Waals surface area (Å²) in [6.45, 7) is 2.13. The van der Waals surface area contributed by atoms with Crippen LogP contribution in [0.25, 0.3) is 10.8 Å². The van der Waals surface area contributed by atoms with Crippen molar-refractivity contribution in [1.29, 1.82) is 0 Å². The normalized spacial score (nSPS) is 10.7. The minimum atomic E-state index is -0.125. The van der Waals surface area contributed by atoms with E-state index >= 15 is 0 Å². The third-order valence-corrected chi connectivity index (χ3v) is 2.43. The van der Waals surface area contributed by atoms with Crippen LogP contribution < -0.4 is 0 Å². The van der Waals surface area contributed by atoms with Gasteiger partial charge in [-0.25, -0.2) is 4.39 Å². The standard InChI is InChI=1S/C13H13F/c1-2-4-10-7-8-11-5-3-6-13(14)12(11)9-10/h3,5-9H,2,4H2,1H3. The summed E-state index contributed by atoms with van der Waals surface area (Å²) in [7, 11) is 0. The molecule has 14 heavy (non-hydrogen) atoms. The van der Waals surface area contributed by atoms with Gasteiger partial charge in [-0.3, -0.25) is 0 Å². The van der Waals surface area contributed by atoms with Crippen molar-refractivity contribution in [2.45, 2.75) is 19.8 Å². The molecule has 0 saturated heterocycles. The maximum Gasteiger partial charge on any atom is 0.131 e. The second-order valence-electron chi connectivity index (χ2n) is 3.55. The summed E-state index contributed by atoms with van der Waals surface area (Å²) in [5, 5.41) is 1.71. The number of aryl methyl sites for hydroxylation is 1. The van der Waals surface area contributed by atoms with Crippen molar-refractivity contribution in [1.82, 2.24) is 0 Å². The molecule has 2 aromatic carbocycles. The van der Waals surface area contributed by atoms with Gasteiger partial charge >= 0.3 is 0 Å². The highest BCUT2D eigenvalue weighted by molar-refractivity contribution is 5.83. The van der Waals surface area contributed by atoms with E-state index in [1.807, 2.05) is 18.2 Å². The average Bonchev–Trinajstić information content (AvgIpc) is 2.20. The van der Waals surface area contributed by atoms with Crippen LogP contribution in [0.1, 0.15) is 18.9 Å². The Morgan fingerprint density at radius 3 is 2.79 bits per heavy atom. The van der Waals surface area contributed by atoms with Crippen LogP contribution in [0, 0.1) is 5.82 Å². The molecule has 0 radical (unpaired) electrons. The van der Waals surface area contributed by atoms with Crippen LogP contribution in [0.5, 0.6) is 0 Å². The molecule has 0 unspecified atom stereocenters. The highest BCUT2D eigenvalue weighted by atomic mass is 19.1. The number of benzene rings is 2. The Hall–Kier alpha value is -1.37. The molecule has 1 heteroatoms. The van der Waals surface area contributed by atoms with E-state index in [4.69, 9.17) is 0 Å². The highest BCUT2D eigenvalue weighted by Gasteiger charge is 2.00. The zero-order valence-electron chi connectivity index (χ0n) is 8.26. The second kappa shape index (κ2) is 3.79. The van der Waals surface area contributed by atoms with E-state index in [9.17, 15) is 4.39 Å². The zero-order valence-corrected chi connectivity index (χ0v) is 8.26. The van der Waals surface area contributed by atoms with Gasteiger partial charge in [-0.15, -0.1) is 0 Å². The molecule has 0 aliphatic heterocycles. The second-order valence-corrected chi connectivity index (χ2v) is 3.55. The Morgan fingerprint density at radius 2 is 2.00 bits per heavy atom. The first-order valence-corrected chi connectivity index (χ1v) is 4.98. The van der Waals surface area contributed by atoms with Gasteiger partial charge in [0.2, 0.25) is 0 Å². The van der Waals surface area contributed by atoms with Gasteiger partial charge < -0.3 is 0 Å². The number of halogens is 1. The Kier molecular flexibility index (Phi) is 2.49. The first-order chi connectivity index (χ1) is 6.81. The Labute approximate surface area is 83.4 Å². The molecule has 0 atom stereocenters. The lowest BCUT2D eigenvalue weighted by atomic mass is 10.0. The van der Waals surface area contributed by atoms with Crippen molar-refractivity contribution < 1.29 is 4.39 Å². The zero-order chi connectivity index (χ0) is 9.97. The third-order valence-electron chi connectivity index (χ3n) is 2.43. The monoisotopic (exact) mass is 188 g/mol. The van der Waals surface area contributed by atoms with Crippen molar-refractivity contribution in [3.63, 3.8) is 0 Å². The van der Waals surface area contributed by atoms with E-state index in [-0.39, 0.29) is 5.82 Å². The molecule has 72 valence electrons. The maximum atomic E-state index is 13.4. The fourth-order valence-corrected chi connectivity index (χ4v) is 1.73. The van der Waals surface area contributed by atoms with Crippen LogP contribution in [-0.2, 0) is 6.42 Å². The highest BCUT2D eigenvalue weighted by Crippen LogP contribution is 2.19. The molecular formula is C13H13F. The summed E-state index contributed by atoms with van der Waals surface area (Å²) >= 11 is 0. The van der Waals surface area contributed by atoms with Crippen molar-refractivity contribution in [2.24, 2.45) is 0 Å². The number of hydrogen-bond donors (Lipinski definition) is 0. The molecule has 0 N–H and O–H groups in total. The molecule has 0 nitrogen and oxygen atoms in total. The van der Waals surface area contributed by atoms with Gasteiger partial charge in [0.05, 0.1) is 0 Å². The fraction of sp³-hybridized carbons (Fsp3) is 0.231. The minimum absolute atomic E-state index is 0.125. The molecule has 2 rings (SSSR count). The average molecular weight is 188 g/mol. The fourth-order valence-electron chi connectivity index (χ4n) is 1.73. The van der Waals surface area contributed by atoms with Crippen LogP contribution >= 0.6 is 0 Å². The van der Waals surface area contributed by atoms with E-state index in [2.05, 4.69) is 13.0 Å². The SMILES string of the molecule is CCCc1ccc2cccc(F)c2c1. The van der Waals surface area contributed by atoms with Gasteiger partial charge in [-0.2, -0.15) is 0 Å². The molecule has 0 saturated carbocycles. The van der Waals surface area contributed by atoms with Crippen LogP contribution in [-0.4, -0.2) is 0 Å². The van der Waals surface area contributed by atoms with E-state index in [0.717, 1.165) is 23.6 Å². The first kappa shape index (κ1) is 9.20. The molecule has 0 aliphatic carbocycles. The quantitative estimate of drug-likeness (QED) is 0.669. The van der Waals surface area contributed by atoms with Crippen LogP contribution in [0.15, 0.2) is 36.4 Å². The summed E-state index contributed by atoms with van der Waals surface area (Å²) in [6, 6.07) is 11.2. The number of rotatable bonds is 2. The number of hydrogen-bond acceptors (Lipinski definition) is 0. The molecular weight excluding hydrogens is 175 g/mol. The molecule has 0 bridgehead atoms. The van der Waals surface area contributed by atoms with Crippen LogP contribution in [0.2, 0.25) is 0 Å². The van der Waals surface area contributed by atoms with Crippen molar-refractivity contribution >= 4 is 10.8 Å². The predicted molar refractivity (Wildman–Crippen MR) is 57.9 cm³/mol. The summed E-state index contributed by atoms with van der Waals surface area (Å²) in [5.41, 5.74) is 1.21. The van der Waals surface area contributed by atoms with Gasteiger partial charge in [0, 0.05) is 5.39 Å². The molecule has 0 heterocycles. The van der Waals surface area contributed by atoms with Crippen LogP contribution in [0.4, 0.5) is 4.39 Å². The molecule has 0 aromatic heterocycles. The van der Waals surface area contributed by atoms with Gasteiger partial charge in [0.15, 0.2) is 0 Å². The molecule has 0 aliphatic rings. The summed E-state index contributed by atoms with van der Waals surface area (Å²) < 4.78 is 13.4. The largest absolute Gasteiger partial charge is 0.206 e. The maximum absolute atomic E-state index is 13.4. The van der Waals surface area contributed by atoms with Crippen molar-refractivity contribution in [3.8, 4) is 0 Å². The Morgan fingerprint density at radius 1 is 1.14 bits per heavy atom. The van der Waals surface area contributed by atoms with Gasteiger partial charge in [-0.05, 0) is 29.5 Å². The lowest BCUT2D eigenvalue weighted by Crippen LogP contribution is -1.85. The Balaban J connectivity index is 2.58. The van der Waals surface area contributed by atoms with E-state index in [1.54, 1.807) is 6.07 Å². The van der Waals surface area contributed by atoms with Gasteiger partial charge in [0.1, 0.15) is 5.82 Å². The van der Waals surface area contributed by atoms with Gasteiger partial charge in [0.25, 0.3) is 0 Å². The van der Waals surface area contributed by atoms with Crippen LogP contribution in [0.3, 0.4) is 0 Å². The first-order valence-electron chi connectivity index (χ1n) is 4.98. The smallest absolute Gasteiger partial charge is 0.131 e. The summed E-state index contributed by atoms with van der Waals surface area (Å²) in [4.78, 5) is 0.